The molecule has 2 unspecified atom stereocenters. The summed E-state index contributed by atoms with van der Waals surface area (Å²) < 4.78 is 73.1. The molecule has 2 atom stereocenters. The number of benzene rings is 5. The highest BCUT2D eigenvalue weighted by molar-refractivity contribution is 7.83. The molecule has 0 fully saturated rings. The lowest BCUT2D eigenvalue weighted by Crippen LogP contribution is -2.13. The second kappa shape index (κ2) is 12.9. The summed E-state index contributed by atoms with van der Waals surface area (Å²) in [6, 6.07) is 26.2. The Kier molecular flexibility index (Phi) is 8.68. The molecule has 0 saturated carbocycles. The third-order valence-corrected chi connectivity index (χ3v) is 9.75. The van der Waals surface area contributed by atoms with E-state index in [1.165, 1.54) is 58.6 Å². The molecular weight excluding hydrogens is 661 g/mol. The van der Waals surface area contributed by atoms with Crippen molar-refractivity contribution in [2.45, 2.75) is 11.3 Å². The summed E-state index contributed by atoms with van der Waals surface area (Å²) >= 11 is 0. The summed E-state index contributed by atoms with van der Waals surface area (Å²) in [6.07, 6.45) is -2.76. The minimum Gasteiger partial charge on any atom is -0.478 e. The van der Waals surface area contributed by atoms with Gasteiger partial charge in [-0.25, -0.2) is 26.6 Å². The predicted octanol–water partition coefficient (Wildman–Crippen LogP) is 8.37. The Labute approximate surface area is 275 Å². The monoisotopic (exact) mass is 681 g/mol. The number of aromatic nitrogens is 1. The summed E-state index contributed by atoms with van der Waals surface area (Å²) in [7, 11) is -0.0655. The van der Waals surface area contributed by atoms with E-state index in [0.29, 0.717) is 11.1 Å². The van der Waals surface area contributed by atoms with Gasteiger partial charge in [-0.05, 0) is 60.2 Å². The van der Waals surface area contributed by atoms with Crippen LogP contribution in [0.5, 0.6) is 0 Å². The fourth-order valence-corrected chi connectivity index (χ4v) is 7.26. The molecule has 0 spiro atoms. The average Bonchev–Trinajstić information content (AvgIpc) is 3.42. The molecule has 6 nitrogen and oxygen atoms in total. The third kappa shape index (κ3) is 5.54. The standard InChI is InChI=1S/C36H20F4N3O3PS/c37-24-9-14-29-28(16-24)31(30-22(17-41)5-2-6-23(30)18-42)33(43(29)48(46)25-10-7-19(8-11-25)35(39)40)21-4-1-3-20(15-21)26-12-13-27(36(44)45)34(47)32(26)38/h1-16,35H,47H2,(H,44,45). The van der Waals surface area contributed by atoms with Crippen LogP contribution in [0, 0.1) is 34.3 Å². The first kappa shape index (κ1) is 32.3. The van der Waals surface area contributed by atoms with Crippen LogP contribution in [0.1, 0.15) is 33.5 Å². The maximum absolute atomic E-state index is 15.6. The first-order valence-corrected chi connectivity index (χ1v) is 15.7. The van der Waals surface area contributed by atoms with Crippen LogP contribution in [0.15, 0.2) is 102 Å². The minimum absolute atomic E-state index is 0.0564. The number of nitriles is 2. The molecule has 0 aliphatic heterocycles. The van der Waals surface area contributed by atoms with E-state index in [1.807, 2.05) is 0 Å². The van der Waals surface area contributed by atoms with Gasteiger partial charge in [0, 0.05) is 38.5 Å². The number of alkyl halides is 2. The number of carboxylic acids is 1. The van der Waals surface area contributed by atoms with Crippen molar-refractivity contribution >= 4 is 42.4 Å². The molecule has 1 aromatic heterocycles. The van der Waals surface area contributed by atoms with E-state index < -0.39 is 35.0 Å². The Morgan fingerprint density at radius 2 is 1.48 bits per heavy atom. The van der Waals surface area contributed by atoms with Crippen LogP contribution < -0.4 is 5.30 Å². The highest BCUT2D eigenvalue weighted by Crippen LogP contribution is 2.45. The first-order valence-electron chi connectivity index (χ1n) is 14.1. The molecule has 0 bridgehead atoms. The van der Waals surface area contributed by atoms with E-state index in [-0.39, 0.29) is 65.7 Å². The van der Waals surface area contributed by atoms with Crippen LogP contribution in [0.2, 0.25) is 0 Å². The van der Waals surface area contributed by atoms with Gasteiger partial charge < -0.3 is 5.11 Å². The SMILES string of the molecule is N#Cc1cccc(C#N)c1-c1c(-c2cccc(-c3ccc(C(=O)O)c(P)c3F)c2)n(S(=O)c2ccc(C(F)F)cc2)c2ccc(F)cc12. The lowest BCUT2D eigenvalue weighted by molar-refractivity contribution is 0.0698. The second-order valence-electron chi connectivity index (χ2n) is 10.5. The first-order chi connectivity index (χ1) is 23.0. The number of aromatic carboxylic acids is 1. The number of hydrogen-bond acceptors (Lipinski definition) is 4. The van der Waals surface area contributed by atoms with E-state index in [1.54, 1.807) is 24.3 Å². The van der Waals surface area contributed by atoms with E-state index in [9.17, 15) is 37.8 Å². The minimum atomic E-state index is -2.76. The van der Waals surface area contributed by atoms with Crippen molar-refractivity contribution in [3.05, 3.63) is 131 Å². The number of fused-ring (bicyclic) bond motifs is 1. The van der Waals surface area contributed by atoms with Crippen LogP contribution in [0.3, 0.4) is 0 Å². The number of hydrogen-bond donors (Lipinski definition) is 1. The Hall–Kier alpha value is -5.61. The van der Waals surface area contributed by atoms with Gasteiger partial charge in [0.15, 0.2) is 11.0 Å². The van der Waals surface area contributed by atoms with Gasteiger partial charge in [-0.3, -0.25) is 3.97 Å². The molecular formula is C36H20F4N3O3PS. The highest BCUT2D eigenvalue weighted by atomic mass is 32.2. The van der Waals surface area contributed by atoms with E-state index in [2.05, 4.69) is 21.4 Å². The molecule has 0 saturated heterocycles. The van der Waals surface area contributed by atoms with Crippen LogP contribution in [0.4, 0.5) is 17.6 Å². The van der Waals surface area contributed by atoms with Crippen molar-refractivity contribution in [1.29, 1.82) is 10.5 Å². The normalized spacial score (nSPS) is 11.8. The molecule has 0 aliphatic carbocycles. The lowest BCUT2D eigenvalue weighted by Gasteiger charge is -2.16. The summed E-state index contributed by atoms with van der Waals surface area (Å²) in [5.41, 5.74) is 1.05. The highest BCUT2D eigenvalue weighted by Gasteiger charge is 2.28. The molecule has 236 valence electrons. The maximum Gasteiger partial charge on any atom is 0.336 e. The van der Waals surface area contributed by atoms with Crippen molar-refractivity contribution in [2.75, 3.05) is 0 Å². The van der Waals surface area contributed by atoms with E-state index in [0.717, 1.165) is 18.2 Å². The lowest BCUT2D eigenvalue weighted by atomic mass is 9.90. The predicted molar refractivity (Wildman–Crippen MR) is 177 cm³/mol. The molecule has 1 N–H and O–H groups in total. The van der Waals surface area contributed by atoms with Crippen molar-refractivity contribution < 1.29 is 31.7 Å². The van der Waals surface area contributed by atoms with Crippen LogP contribution >= 0.6 is 9.24 Å². The van der Waals surface area contributed by atoms with Gasteiger partial charge in [0.1, 0.15) is 11.6 Å². The molecule has 0 aliphatic rings. The zero-order valence-electron chi connectivity index (χ0n) is 24.4. The molecule has 0 radical (unpaired) electrons. The Balaban J connectivity index is 1.73. The quantitative estimate of drug-likeness (QED) is 0.135. The number of halogens is 4. The van der Waals surface area contributed by atoms with Crippen LogP contribution in [-0.4, -0.2) is 19.3 Å². The van der Waals surface area contributed by atoms with Crippen molar-refractivity contribution in [1.82, 2.24) is 3.97 Å². The number of carbonyl (C=O) groups is 1. The molecule has 6 aromatic rings. The van der Waals surface area contributed by atoms with Gasteiger partial charge >= 0.3 is 5.97 Å². The number of rotatable bonds is 7. The van der Waals surface area contributed by atoms with Gasteiger partial charge in [0.25, 0.3) is 6.43 Å². The molecule has 5 aromatic carbocycles. The molecule has 6 rings (SSSR count). The van der Waals surface area contributed by atoms with Crippen molar-refractivity contribution in [3.8, 4) is 45.6 Å². The second-order valence-corrected chi connectivity index (χ2v) is 12.4. The molecule has 0 amide bonds. The number of carboxylic acid groups (broad SMARTS) is 1. The van der Waals surface area contributed by atoms with E-state index in [4.69, 9.17) is 0 Å². The summed E-state index contributed by atoms with van der Waals surface area (Å²) in [5.74, 6) is -2.77. The van der Waals surface area contributed by atoms with Gasteiger partial charge in [0.2, 0.25) is 0 Å². The topological polar surface area (TPSA) is 107 Å². The van der Waals surface area contributed by atoms with Gasteiger partial charge in [-0.1, -0.05) is 42.5 Å². The Bertz CT molecular complexity index is 2360. The third-order valence-electron chi connectivity index (χ3n) is 7.80. The Morgan fingerprint density at radius 1 is 0.833 bits per heavy atom. The molecule has 12 heteroatoms. The largest absolute Gasteiger partial charge is 0.478 e. The van der Waals surface area contributed by atoms with Crippen molar-refractivity contribution in [3.63, 3.8) is 0 Å². The Morgan fingerprint density at radius 3 is 2.10 bits per heavy atom. The van der Waals surface area contributed by atoms with Gasteiger partial charge in [-0.2, -0.15) is 10.5 Å². The fraction of sp³-hybridized carbons (Fsp3) is 0.0278. The molecule has 1 heterocycles. The summed E-state index contributed by atoms with van der Waals surface area (Å²) in [4.78, 5) is 11.7. The maximum atomic E-state index is 15.6. The summed E-state index contributed by atoms with van der Waals surface area (Å²) in [5, 5.41) is 29.7. The summed E-state index contributed by atoms with van der Waals surface area (Å²) in [6.45, 7) is 0. The van der Waals surface area contributed by atoms with E-state index >= 15 is 4.39 Å². The zero-order valence-corrected chi connectivity index (χ0v) is 26.4. The van der Waals surface area contributed by atoms with Crippen LogP contribution in [0.25, 0.3) is 44.4 Å². The number of nitrogens with zero attached hydrogens (tertiary/aromatic N) is 3. The van der Waals surface area contributed by atoms with Gasteiger partial charge in [0.05, 0.1) is 44.9 Å². The zero-order chi connectivity index (χ0) is 34.3. The van der Waals surface area contributed by atoms with Crippen LogP contribution in [-0.2, 0) is 11.0 Å². The van der Waals surface area contributed by atoms with Crippen molar-refractivity contribution in [2.24, 2.45) is 0 Å². The van der Waals surface area contributed by atoms with Gasteiger partial charge in [-0.15, -0.1) is 9.24 Å². The average molecular weight is 682 g/mol. The smallest absolute Gasteiger partial charge is 0.336 e. The fourth-order valence-electron chi connectivity index (χ4n) is 5.60. The molecule has 48 heavy (non-hydrogen) atoms.